The summed E-state index contributed by atoms with van der Waals surface area (Å²) in [6.07, 6.45) is 0. The number of hydrogen-bond donors (Lipinski definition) is 2. The molecule has 0 radical (unpaired) electrons. The number of aliphatic hydroxyl groups excluding tert-OH is 1. The Bertz CT molecular complexity index is 1190. The molecule has 3 aromatic rings. The lowest BCUT2D eigenvalue weighted by Gasteiger charge is -2.22. The minimum atomic E-state index is -0.243. The summed E-state index contributed by atoms with van der Waals surface area (Å²) in [6.45, 7) is 11.1. The summed E-state index contributed by atoms with van der Waals surface area (Å²) in [5, 5.41) is 22.0. The zero-order valence-electron chi connectivity index (χ0n) is 19.2. The Morgan fingerprint density at radius 3 is 2.47 bits per heavy atom. The van der Waals surface area contributed by atoms with Gasteiger partial charge >= 0.3 is 0 Å². The summed E-state index contributed by atoms with van der Waals surface area (Å²) in [4.78, 5) is 6.60. The third-order valence-corrected chi connectivity index (χ3v) is 6.28. The maximum Gasteiger partial charge on any atom is 0.135 e. The summed E-state index contributed by atoms with van der Waals surface area (Å²) < 4.78 is 5.88. The van der Waals surface area contributed by atoms with Crippen molar-refractivity contribution in [2.75, 3.05) is 6.54 Å². The topological polar surface area (TPSA) is 69.4 Å². The van der Waals surface area contributed by atoms with Crippen molar-refractivity contribution in [3.8, 4) is 17.0 Å². The van der Waals surface area contributed by atoms with Crippen LogP contribution in [0, 0.1) is 19.3 Å². The lowest BCUT2D eigenvalue weighted by Crippen LogP contribution is -2.26. The molecule has 6 heteroatoms. The molecular weight excluding hydrogens is 418 g/mol. The normalized spacial score (nSPS) is 14.4. The zero-order valence-corrected chi connectivity index (χ0v) is 20.0. The molecule has 0 saturated heterocycles. The van der Waals surface area contributed by atoms with Gasteiger partial charge < -0.3 is 14.7 Å². The highest BCUT2D eigenvalue weighted by Crippen LogP contribution is 2.33. The van der Waals surface area contributed by atoms with E-state index in [0.717, 1.165) is 22.6 Å². The van der Waals surface area contributed by atoms with Crippen LogP contribution >= 0.6 is 11.3 Å². The first kappa shape index (κ1) is 22.1. The number of hydrogen-bond acceptors (Lipinski definition) is 5. The lowest BCUT2D eigenvalue weighted by atomic mass is 10.1. The van der Waals surface area contributed by atoms with Crippen LogP contribution in [0.1, 0.15) is 42.5 Å². The van der Waals surface area contributed by atoms with Gasteiger partial charge in [0.25, 0.3) is 0 Å². The number of nitrogens with one attached hydrogen (secondary N) is 1. The zero-order chi connectivity index (χ0) is 23.0. The highest BCUT2D eigenvalue weighted by Gasteiger charge is 2.30. The second kappa shape index (κ2) is 8.43. The van der Waals surface area contributed by atoms with Crippen molar-refractivity contribution in [1.82, 2.24) is 9.88 Å². The fraction of sp³-hybridized carbons (Fsp3) is 0.308. The molecule has 166 valence electrons. The molecule has 0 fully saturated rings. The Kier molecular flexibility index (Phi) is 5.82. The van der Waals surface area contributed by atoms with Crippen molar-refractivity contribution >= 4 is 22.7 Å². The van der Waals surface area contributed by atoms with Gasteiger partial charge in [-0.1, -0.05) is 24.3 Å². The number of aryl methyl sites for hydroxylation is 2. The van der Waals surface area contributed by atoms with Crippen LogP contribution < -0.4 is 4.74 Å². The molecule has 0 amide bonds. The number of ether oxygens (including phenoxy) is 1. The molecular formula is C26H29N3O2S. The first-order valence-electron chi connectivity index (χ1n) is 10.7. The van der Waals surface area contributed by atoms with E-state index in [1.807, 2.05) is 55.3 Å². The quantitative estimate of drug-likeness (QED) is 0.477. The molecule has 2 N–H and O–H groups in total. The monoisotopic (exact) mass is 447 g/mol. The maximum atomic E-state index is 10.6. The van der Waals surface area contributed by atoms with E-state index in [-0.39, 0.29) is 11.4 Å². The van der Waals surface area contributed by atoms with Gasteiger partial charge in [0, 0.05) is 17.5 Å². The molecule has 1 aliphatic heterocycles. The average Bonchev–Trinajstić information content (AvgIpc) is 3.29. The van der Waals surface area contributed by atoms with E-state index in [2.05, 4.69) is 32.0 Å². The van der Waals surface area contributed by atoms with Crippen LogP contribution in [0.15, 0.2) is 53.6 Å². The Balaban J connectivity index is 1.48. The summed E-state index contributed by atoms with van der Waals surface area (Å²) in [5.74, 6) is 1.32. The molecule has 5 nitrogen and oxygen atoms in total. The number of aromatic nitrogens is 1. The largest absolute Gasteiger partial charge is 0.510 e. The highest BCUT2D eigenvalue weighted by molar-refractivity contribution is 7.11. The van der Waals surface area contributed by atoms with Crippen molar-refractivity contribution in [3.63, 3.8) is 0 Å². The number of rotatable bonds is 5. The number of benzene rings is 2. The Morgan fingerprint density at radius 1 is 1.09 bits per heavy atom. The second-order valence-electron chi connectivity index (χ2n) is 9.22. The van der Waals surface area contributed by atoms with Gasteiger partial charge in [0.1, 0.15) is 28.0 Å². The minimum Gasteiger partial charge on any atom is -0.510 e. The summed E-state index contributed by atoms with van der Waals surface area (Å²) >= 11 is 1.46. The van der Waals surface area contributed by atoms with Crippen LogP contribution in [-0.2, 0) is 6.54 Å². The van der Waals surface area contributed by atoms with Crippen LogP contribution in [0.2, 0.25) is 0 Å². The first-order chi connectivity index (χ1) is 15.1. The first-order valence-corrected chi connectivity index (χ1v) is 11.6. The summed E-state index contributed by atoms with van der Waals surface area (Å²) in [7, 11) is 0. The van der Waals surface area contributed by atoms with E-state index >= 15 is 0 Å². The molecule has 2 heterocycles. The minimum absolute atomic E-state index is 0.198. The van der Waals surface area contributed by atoms with E-state index < -0.39 is 0 Å². The summed E-state index contributed by atoms with van der Waals surface area (Å²) in [5.41, 5.74) is 5.72. The Morgan fingerprint density at radius 2 is 1.81 bits per heavy atom. The van der Waals surface area contributed by atoms with Gasteiger partial charge in [-0.15, -0.1) is 11.3 Å². The Hall–Kier alpha value is -3.12. The van der Waals surface area contributed by atoms with E-state index in [1.165, 1.54) is 22.5 Å². The maximum absolute atomic E-state index is 10.6. The number of aliphatic hydroxyl groups is 1. The third kappa shape index (κ3) is 4.70. The van der Waals surface area contributed by atoms with E-state index in [4.69, 9.17) is 15.1 Å². The van der Waals surface area contributed by atoms with Gasteiger partial charge in [-0.2, -0.15) is 0 Å². The number of nitrogens with zero attached hydrogens (tertiary/aromatic N) is 2. The van der Waals surface area contributed by atoms with Gasteiger partial charge in [-0.05, 0) is 69.5 Å². The van der Waals surface area contributed by atoms with Crippen LogP contribution in [-0.4, -0.2) is 33.0 Å². The molecule has 2 aromatic carbocycles. The fourth-order valence-corrected chi connectivity index (χ4v) is 4.55. The molecule has 32 heavy (non-hydrogen) atoms. The molecule has 0 aliphatic carbocycles. The standard InChI is InChI=1S/C26H29N3O2S/c1-16-6-9-19(12-17(16)2)21-15-32-25(28-21)23-22(30)14-29(24(23)27)13-18-7-10-20(11-8-18)31-26(3,4)5/h6-12,15,27,30H,13-14H2,1-5H3. The van der Waals surface area contributed by atoms with Gasteiger partial charge in [0.05, 0.1) is 17.8 Å². The molecule has 0 bridgehead atoms. The molecule has 0 atom stereocenters. The fourth-order valence-electron chi connectivity index (χ4n) is 3.65. The molecule has 0 unspecified atom stereocenters. The smallest absolute Gasteiger partial charge is 0.135 e. The van der Waals surface area contributed by atoms with Crippen LogP contribution in [0.5, 0.6) is 5.75 Å². The average molecular weight is 448 g/mol. The molecule has 1 aromatic heterocycles. The predicted molar refractivity (Wildman–Crippen MR) is 132 cm³/mol. The third-order valence-electron chi connectivity index (χ3n) is 5.42. The molecule has 4 rings (SSSR count). The van der Waals surface area contributed by atoms with Crippen LogP contribution in [0.4, 0.5) is 0 Å². The Labute approximate surface area is 193 Å². The molecule has 1 aliphatic rings. The van der Waals surface area contributed by atoms with Crippen molar-refractivity contribution in [2.45, 2.75) is 46.8 Å². The van der Waals surface area contributed by atoms with Gasteiger partial charge in [0.15, 0.2) is 0 Å². The molecule has 0 saturated carbocycles. The SMILES string of the molecule is Cc1ccc(-c2csc(C3=C(O)CN(Cc4ccc(OC(C)(C)C)cc4)C3=N)n2)cc1C. The van der Waals surface area contributed by atoms with Crippen molar-refractivity contribution in [2.24, 2.45) is 0 Å². The van der Waals surface area contributed by atoms with E-state index in [9.17, 15) is 5.11 Å². The van der Waals surface area contributed by atoms with Crippen LogP contribution in [0.3, 0.4) is 0 Å². The van der Waals surface area contributed by atoms with Gasteiger partial charge in [0.2, 0.25) is 0 Å². The van der Waals surface area contributed by atoms with Crippen molar-refractivity contribution < 1.29 is 9.84 Å². The summed E-state index contributed by atoms with van der Waals surface area (Å²) in [6, 6.07) is 14.2. The number of amidine groups is 1. The highest BCUT2D eigenvalue weighted by atomic mass is 32.1. The van der Waals surface area contributed by atoms with Gasteiger partial charge in [-0.25, -0.2) is 4.98 Å². The predicted octanol–water partition coefficient (Wildman–Crippen LogP) is 6.37. The van der Waals surface area contributed by atoms with Crippen molar-refractivity contribution in [1.29, 1.82) is 5.41 Å². The van der Waals surface area contributed by atoms with E-state index in [1.54, 1.807) is 0 Å². The van der Waals surface area contributed by atoms with Gasteiger partial charge in [-0.3, -0.25) is 5.41 Å². The second-order valence-corrected chi connectivity index (χ2v) is 10.1. The lowest BCUT2D eigenvalue weighted by molar-refractivity contribution is 0.131. The van der Waals surface area contributed by atoms with E-state index in [0.29, 0.717) is 29.5 Å². The van der Waals surface area contributed by atoms with Crippen molar-refractivity contribution in [3.05, 3.63) is 75.3 Å². The number of thiazole rings is 1. The van der Waals surface area contributed by atoms with Crippen LogP contribution in [0.25, 0.3) is 16.8 Å². The molecule has 0 spiro atoms.